The second-order valence-electron chi connectivity index (χ2n) is 6.10. The van der Waals surface area contributed by atoms with Crippen molar-refractivity contribution in [3.8, 4) is 5.75 Å². The van der Waals surface area contributed by atoms with E-state index < -0.39 is 6.10 Å². The van der Waals surface area contributed by atoms with Gasteiger partial charge in [-0.25, -0.2) is 0 Å². The average Bonchev–Trinajstić information content (AvgIpc) is 2.68. The highest BCUT2D eigenvalue weighted by atomic mass is 16.5. The maximum absolute atomic E-state index is 12.5. The molecule has 0 spiro atoms. The fourth-order valence-electron chi connectivity index (χ4n) is 2.46. The van der Waals surface area contributed by atoms with Crippen molar-refractivity contribution in [2.75, 3.05) is 25.6 Å². The number of ether oxygens (including phenoxy) is 2. The molecular formula is C21H26N2O4. The van der Waals surface area contributed by atoms with E-state index in [-0.39, 0.29) is 11.8 Å². The SMILES string of the molecule is CCC(Oc1ccccc1C)C(=O)Nc1ccc(C(=O)NCCOC)cc1. The Kier molecular flexibility index (Phi) is 7.82. The molecule has 0 saturated carbocycles. The number of methoxy groups -OCH3 is 1. The predicted octanol–water partition coefficient (Wildman–Crippen LogP) is 3.17. The molecule has 0 fully saturated rings. The van der Waals surface area contributed by atoms with Gasteiger partial charge in [-0.2, -0.15) is 0 Å². The Balaban J connectivity index is 1.95. The van der Waals surface area contributed by atoms with Crippen molar-refractivity contribution in [2.45, 2.75) is 26.4 Å². The molecule has 2 aromatic carbocycles. The number of rotatable bonds is 9. The predicted molar refractivity (Wildman–Crippen MR) is 105 cm³/mol. The Labute approximate surface area is 159 Å². The van der Waals surface area contributed by atoms with Crippen molar-refractivity contribution < 1.29 is 19.1 Å². The summed E-state index contributed by atoms with van der Waals surface area (Å²) in [5.41, 5.74) is 2.11. The topological polar surface area (TPSA) is 76.7 Å². The summed E-state index contributed by atoms with van der Waals surface area (Å²) in [6, 6.07) is 14.3. The molecule has 2 rings (SSSR count). The van der Waals surface area contributed by atoms with Crippen LogP contribution in [0.5, 0.6) is 5.75 Å². The second-order valence-corrected chi connectivity index (χ2v) is 6.10. The summed E-state index contributed by atoms with van der Waals surface area (Å²) in [7, 11) is 1.58. The molecule has 0 aliphatic carbocycles. The highest BCUT2D eigenvalue weighted by molar-refractivity contribution is 5.97. The van der Waals surface area contributed by atoms with Gasteiger partial charge < -0.3 is 20.1 Å². The largest absolute Gasteiger partial charge is 0.480 e. The molecule has 1 atom stereocenters. The second kappa shape index (κ2) is 10.3. The van der Waals surface area contributed by atoms with Gasteiger partial charge in [0.1, 0.15) is 5.75 Å². The third-order valence-corrected chi connectivity index (χ3v) is 4.03. The van der Waals surface area contributed by atoms with Crippen LogP contribution < -0.4 is 15.4 Å². The number of nitrogens with one attached hydrogen (secondary N) is 2. The summed E-state index contributed by atoms with van der Waals surface area (Å²) >= 11 is 0. The molecule has 0 aliphatic heterocycles. The molecule has 0 aliphatic rings. The van der Waals surface area contributed by atoms with Crippen LogP contribution in [0.1, 0.15) is 29.3 Å². The monoisotopic (exact) mass is 370 g/mol. The summed E-state index contributed by atoms with van der Waals surface area (Å²) in [4.78, 5) is 24.5. The molecule has 0 radical (unpaired) electrons. The van der Waals surface area contributed by atoms with Gasteiger partial charge in [0.05, 0.1) is 6.61 Å². The van der Waals surface area contributed by atoms with Crippen LogP contribution in [0.3, 0.4) is 0 Å². The molecule has 2 aromatic rings. The molecule has 0 heterocycles. The lowest BCUT2D eigenvalue weighted by Crippen LogP contribution is -2.32. The van der Waals surface area contributed by atoms with Crippen LogP contribution in [-0.2, 0) is 9.53 Å². The van der Waals surface area contributed by atoms with E-state index in [0.717, 1.165) is 5.56 Å². The van der Waals surface area contributed by atoms with Crippen molar-refractivity contribution in [3.63, 3.8) is 0 Å². The van der Waals surface area contributed by atoms with E-state index in [1.165, 1.54) is 0 Å². The average molecular weight is 370 g/mol. The first-order chi connectivity index (χ1) is 13.0. The minimum absolute atomic E-state index is 0.181. The van der Waals surface area contributed by atoms with Gasteiger partial charge in [-0.15, -0.1) is 0 Å². The first-order valence-electron chi connectivity index (χ1n) is 8.95. The first kappa shape index (κ1) is 20.5. The van der Waals surface area contributed by atoms with Gasteiger partial charge in [0, 0.05) is 24.9 Å². The number of anilines is 1. The van der Waals surface area contributed by atoms with E-state index in [9.17, 15) is 9.59 Å². The molecule has 0 aromatic heterocycles. The number of benzene rings is 2. The van der Waals surface area contributed by atoms with Gasteiger partial charge in [-0.1, -0.05) is 25.1 Å². The maximum atomic E-state index is 12.5. The molecule has 2 amide bonds. The number of carbonyl (C=O) groups is 2. The molecule has 0 bridgehead atoms. The highest BCUT2D eigenvalue weighted by Crippen LogP contribution is 2.19. The number of carbonyl (C=O) groups excluding carboxylic acids is 2. The molecule has 1 unspecified atom stereocenters. The fraction of sp³-hybridized carbons (Fsp3) is 0.333. The van der Waals surface area contributed by atoms with E-state index in [0.29, 0.717) is 36.6 Å². The Hall–Kier alpha value is -2.86. The Morgan fingerprint density at radius 2 is 1.78 bits per heavy atom. The third-order valence-electron chi connectivity index (χ3n) is 4.03. The minimum atomic E-state index is -0.594. The lowest BCUT2D eigenvalue weighted by molar-refractivity contribution is -0.122. The fourth-order valence-corrected chi connectivity index (χ4v) is 2.46. The van der Waals surface area contributed by atoms with Crippen molar-refractivity contribution >= 4 is 17.5 Å². The summed E-state index contributed by atoms with van der Waals surface area (Å²) < 4.78 is 10.8. The van der Waals surface area contributed by atoms with Crippen LogP contribution in [-0.4, -0.2) is 38.2 Å². The summed E-state index contributed by atoms with van der Waals surface area (Å²) in [5.74, 6) is 0.292. The summed E-state index contributed by atoms with van der Waals surface area (Å²) in [5, 5.41) is 5.58. The lowest BCUT2D eigenvalue weighted by atomic mass is 10.1. The summed E-state index contributed by atoms with van der Waals surface area (Å²) in [6.07, 6.45) is -0.0525. The van der Waals surface area contributed by atoms with Crippen LogP contribution >= 0.6 is 0 Å². The van der Waals surface area contributed by atoms with Gasteiger partial charge in [-0.3, -0.25) is 9.59 Å². The normalized spacial score (nSPS) is 11.5. The number of para-hydroxylation sites is 1. The summed E-state index contributed by atoms with van der Waals surface area (Å²) in [6.45, 7) is 4.74. The Morgan fingerprint density at radius 1 is 1.07 bits per heavy atom. The first-order valence-corrected chi connectivity index (χ1v) is 8.95. The number of hydrogen-bond donors (Lipinski definition) is 2. The van der Waals surface area contributed by atoms with Gasteiger partial charge in [0.2, 0.25) is 0 Å². The molecule has 144 valence electrons. The molecule has 6 nitrogen and oxygen atoms in total. The van der Waals surface area contributed by atoms with E-state index in [4.69, 9.17) is 9.47 Å². The Morgan fingerprint density at radius 3 is 2.41 bits per heavy atom. The number of aryl methyl sites for hydroxylation is 1. The zero-order chi connectivity index (χ0) is 19.6. The number of hydrogen-bond acceptors (Lipinski definition) is 4. The van der Waals surface area contributed by atoms with Gasteiger partial charge in [0.25, 0.3) is 11.8 Å². The molecule has 2 N–H and O–H groups in total. The van der Waals surface area contributed by atoms with Gasteiger partial charge in [-0.05, 0) is 49.2 Å². The lowest BCUT2D eigenvalue weighted by Gasteiger charge is -2.18. The van der Waals surface area contributed by atoms with E-state index in [1.807, 2.05) is 38.1 Å². The maximum Gasteiger partial charge on any atom is 0.265 e. The van der Waals surface area contributed by atoms with Crippen LogP contribution in [0.4, 0.5) is 5.69 Å². The standard InChI is InChI=1S/C21H26N2O4/c1-4-18(27-19-8-6-5-7-15(19)2)21(25)23-17-11-9-16(10-12-17)20(24)22-13-14-26-3/h5-12,18H,4,13-14H2,1-3H3,(H,22,24)(H,23,25). The van der Waals surface area contributed by atoms with Crippen LogP contribution in [0.15, 0.2) is 48.5 Å². The van der Waals surface area contributed by atoms with Crippen molar-refractivity contribution in [3.05, 3.63) is 59.7 Å². The van der Waals surface area contributed by atoms with Crippen molar-refractivity contribution in [2.24, 2.45) is 0 Å². The molecule has 27 heavy (non-hydrogen) atoms. The molecule has 0 saturated heterocycles. The Bertz CT molecular complexity index is 759. The quantitative estimate of drug-likeness (QED) is 0.665. The zero-order valence-corrected chi connectivity index (χ0v) is 16.0. The minimum Gasteiger partial charge on any atom is -0.480 e. The van der Waals surface area contributed by atoms with E-state index in [1.54, 1.807) is 31.4 Å². The third kappa shape index (κ3) is 6.11. The van der Waals surface area contributed by atoms with Gasteiger partial charge >= 0.3 is 0 Å². The molecular weight excluding hydrogens is 344 g/mol. The van der Waals surface area contributed by atoms with Crippen LogP contribution in [0.25, 0.3) is 0 Å². The zero-order valence-electron chi connectivity index (χ0n) is 16.0. The van der Waals surface area contributed by atoms with Gasteiger partial charge in [0.15, 0.2) is 6.10 Å². The number of amides is 2. The van der Waals surface area contributed by atoms with Crippen LogP contribution in [0, 0.1) is 6.92 Å². The highest BCUT2D eigenvalue weighted by Gasteiger charge is 2.19. The van der Waals surface area contributed by atoms with Crippen molar-refractivity contribution in [1.29, 1.82) is 0 Å². The smallest absolute Gasteiger partial charge is 0.265 e. The van der Waals surface area contributed by atoms with Crippen LogP contribution in [0.2, 0.25) is 0 Å². The van der Waals surface area contributed by atoms with Crippen molar-refractivity contribution in [1.82, 2.24) is 5.32 Å². The van der Waals surface area contributed by atoms with E-state index >= 15 is 0 Å². The molecule has 6 heteroatoms. The van der Waals surface area contributed by atoms with E-state index in [2.05, 4.69) is 10.6 Å².